The second-order valence-corrected chi connectivity index (χ2v) is 6.85. The molecule has 162 valence electrons. The summed E-state index contributed by atoms with van der Waals surface area (Å²) < 4.78 is 21.7. The second kappa shape index (κ2) is 9.26. The molecule has 1 N–H and O–H groups in total. The van der Waals surface area contributed by atoms with Gasteiger partial charge in [0.05, 0.1) is 21.3 Å². The number of nitrogens with zero attached hydrogens (tertiary/aromatic N) is 1. The number of para-hydroxylation sites is 2. The van der Waals surface area contributed by atoms with E-state index in [-0.39, 0.29) is 5.78 Å². The van der Waals surface area contributed by atoms with Crippen LogP contribution in [0.4, 0.5) is 11.7 Å². The Bertz CT molecular complexity index is 1230. The van der Waals surface area contributed by atoms with Crippen LogP contribution in [0.25, 0.3) is 17.2 Å². The van der Waals surface area contributed by atoms with Crippen LogP contribution in [0.15, 0.2) is 71.2 Å². The van der Waals surface area contributed by atoms with Crippen LogP contribution in [0.1, 0.15) is 15.9 Å². The standard InChI is InChI=1S/C25H22N2O5/c1-29-22-13-16(14-23(30-2)24(22)31-3)11-12-20(28)17-7-6-8-18(15-17)26-25-27-19-9-4-5-10-21(19)32-25/h4-15H,1-3H3,(H,26,27)/b12-11+. The van der Waals surface area contributed by atoms with Gasteiger partial charge in [0.25, 0.3) is 6.01 Å². The smallest absolute Gasteiger partial charge is 0.300 e. The molecule has 7 nitrogen and oxygen atoms in total. The topological polar surface area (TPSA) is 82.8 Å². The highest BCUT2D eigenvalue weighted by atomic mass is 16.5. The Morgan fingerprint density at radius 2 is 1.69 bits per heavy atom. The van der Waals surface area contributed by atoms with E-state index in [4.69, 9.17) is 18.6 Å². The summed E-state index contributed by atoms with van der Waals surface area (Å²) in [6.45, 7) is 0. The minimum Gasteiger partial charge on any atom is -0.493 e. The van der Waals surface area contributed by atoms with Gasteiger partial charge in [-0.3, -0.25) is 4.79 Å². The monoisotopic (exact) mass is 430 g/mol. The first-order valence-electron chi connectivity index (χ1n) is 9.86. The fraction of sp³-hybridized carbons (Fsp3) is 0.120. The van der Waals surface area contributed by atoms with Crippen LogP contribution in [0.2, 0.25) is 0 Å². The normalized spacial score (nSPS) is 11.0. The molecule has 0 aliphatic carbocycles. The quantitative estimate of drug-likeness (QED) is 0.292. The number of aromatic nitrogens is 1. The van der Waals surface area contributed by atoms with Crippen molar-refractivity contribution in [3.05, 3.63) is 77.9 Å². The average Bonchev–Trinajstić information content (AvgIpc) is 3.24. The number of benzene rings is 3. The summed E-state index contributed by atoms with van der Waals surface area (Å²) in [5.41, 5.74) is 3.41. The zero-order valence-electron chi connectivity index (χ0n) is 17.9. The van der Waals surface area contributed by atoms with E-state index in [2.05, 4.69) is 10.3 Å². The number of anilines is 2. The van der Waals surface area contributed by atoms with Crippen LogP contribution in [0.5, 0.6) is 17.2 Å². The van der Waals surface area contributed by atoms with Crippen LogP contribution < -0.4 is 19.5 Å². The van der Waals surface area contributed by atoms with Crippen molar-refractivity contribution in [2.45, 2.75) is 0 Å². The van der Waals surface area contributed by atoms with Crippen LogP contribution in [-0.4, -0.2) is 32.1 Å². The van der Waals surface area contributed by atoms with Crippen molar-refractivity contribution in [3.8, 4) is 17.2 Å². The zero-order chi connectivity index (χ0) is 22.5. The van der Waals surface area contributed by atoms with Crippen molar-refractivity contribution in [1.29, 1.82) is 0 Å². The molecule has 0 atom stereocenters. The number of fused-ring (bicyclic) bond motifs is 1. The summed E-state index contributed by atoms with van der Waals surface area (Å²) in [7, 11) is 4.64. The third-order valence-corrected chi connectivity index (χ3v) is 4.81. The van der Waals surface area contributed by atoms with Gasteiger partial charge < -0.3 is 23.9 Å². The molecule has 0 aliphatic rings. The third-order valence-electron chi connectivity index (χ3n) is 4.81. The minimum absolute atomic E-state index is 0.153. The lowest BCUT2D eigenvalue weighted by Crippen LogP contribution is -1.97. The summed E-state index contributed by atoms with van der Waals surface area (Å²) in [5.74, 6) is 1.38. The van der Waals surface area contributed by atoms with Gasteiger partial charge in [-0.2, -0.15) is 4.98 Å². The highest BCUT2D eigenvalue weighted by molar-refractivity contribution is 6.07. The lowest BCUT2D eigenvalue weighted by atomic mass is 10.1. The third kappa shape index (κ3) is 4.41. The van der Waals surface area contributed by atoms with Crippen LogP contribution in [-0.2, 0) is 0 Å². The molecule has 0 fully saturated rings. The molecule has 3 aromatic carbocycles. The summed E-state index contributed by atoms with van der Waals surface area (Å²) >= 11 is 0. The fourth-order valence-electron chi connectivity index (χ4n) is 3.27. The van der Waals surface area contributed by atoms with Crippen molar-refractivity contribution in [2.75, 3.05) is 26.6 Å². The summed E-state index contributed by atoms with van der Waals surface area (Å²) in [6.07, 6.45) is 3.20. The number of nitrogens with one attached hydrogen (secondary N) is 1. The molecule has 0 radical (unpaired) electrons. The molecule has 0 saturated heterocycles. The van der Waals surface area contributed by atoms with E-state index in [0.717, 1.165) is 11.1 Å². The Morgan fingerprint density at radius 1 is 0.938 bits per heavy atom. The lowest BCUT2D eigenvalue weighted by molar-refractivity contribution is 0.104. The maximum Gasteiger partial charge on any atom is 0.300 e. The van der Waals surface area contributed by atoms with Crippen molar-refractivity contribution in [1.82, 2.24) is 4.98 Å². The highest BCUT2D eigenvalue weighted by Crippen LogP contribution is 2.38. The van der Waals surface area contributed by atoms with E-state index in [0.29, 0.717) is 40.1 Å². The van der Waals surface area contributed by atoms with E-state index in [1.807, 2.05) is 30.3 Å². The largest absolute Gasteiger partial charge is 0.493 e. The highest BCUT2D eigenvalue weighted by Gasteiger charge is 2.12. The Hall–Kier alpha value is -4.26. The zero-order valence-corrected chi connectivity index (χ0v) is 17.9. The maximum atomic E-state index is 12.8. The number of oxazole rings is 1. The molecule has 4 aromatic rings. The van der Waals surface area contributed by atoms with Gasteiger partial charge in [-0.15, -0.1) is 0 Å². The van der Waals surface area contributed by atoms with Gasteiger partial charge in [0.1, 0.15) is 5.52 Å². The number of ether oxygens (including phenoxy) is 3. The van der Waals surface area contributed by atoms with Crippen molar-refractivity contribution < 1.29 is 23.4 Å². The molecular formula is C25H22N2O5. The lowest BCUT2D eigenvalue weighted by Gasteiger charge is -2.12. The van der Waals surface area contributed by atoms with Gasteiger partial charge in [0.15, 0.2) is 22.9 Å². The van der Waals surface area contributed by atoms with E-state index in [9.17, 15) is 4.79 Å². The Morgan fingerprint density at radius 3 is 2.38 bits per heavy atom. The molecule has 0 spiro atoms. The van der Waals surface area contributed by atoms with E-state index >= 15 is 0 Å². The minimum atomic E-state index is -0.153. The molecule has 4 rings (SSSR count). The average molecular weight is 430 g/mol. The molecule has 0 bridgehead atoms. The van der Waals surface area contributed by atoms with E-state index in [1.54, 1.807) is 57.7 Å². The van der Waals surface area contributed by atoms with E-state index < -0.39 is 0 Å². The van der Waals surface area contributed by atoms with Crippen molar-refractivity contribution in [2.24, 2.45) is 0 Å². The molecule has 0 unspecified atom stereocenters. The number of carbonyl (C=O) groups is 1. The van der Waals surface area contributed by atoms with Gasteiger partial charge in [0.2, 0.25) is 5.75 Å². The molecule has 32 heavy (non-hydrogen) atoms. The Kier molecular flexibility index (Phi) is 6.07. The van der Waals surface area contributed by atoms with Gasteiger partial charge >= 0.3 is 0 Å². The predicted molar refractivity (Wildman–Crippen MR) is 123 cm³/mol. The molecule has 1 aromatic heterocycles. The van der Waals surface area contributed by atoms with Gasteiger partial charge in [-0.25, -0.2) is 0 Å². The predicted octanol–water partition coefficient (Wildman–Crippen LogP) is 5.49. The van der Waals surface area contributed by atoms with Crippen LogP contribution in [0.3, 0.4) is 0 Å². The SMILES string of the molecule is COc1cc(/C=C/C(=O)c2cccc(Nc3nc4ccccc4o3)c2)cc(OC)c1OC. The van der Waals surface area contributed by atoms with Crippen molar-refractivity contribution in [3.63, 3.8) is 0 Å². The number of rotatable bonds is 8. The molecule has 1 heterocycles. The first kappa shape index (κ1) is 21.0. The summed E-state index contributed by atoms with van der Waals surface area (Å²) in [5, 5.41) is 3.10. The van der Waals surface area contributed by atoms with Crippen LogP contribution >= 0.6 is 0 Å². The summed E-state index contributed by atoms with van der Waals surface area (Å²) in [6, 6.07) is 18.6. The number of carbonyl (C=O) groups excluding carboxylic acids is 1. The van der Waals surface area contributed by atoms with Crippen molar-refractivity contribution >= 4 is 34.7 Å². The molecule has 0 amide bonds. The fourth-order valence-corrected chi connectivity index (χ4v) is 3.27. The number of ketones is 1. The van der Waals surface area contributed by atoms with Gasteiger partial charge in [-0.1, -0.05) is 30.3 Å². The molecule has 0 saturated carbocycles. The maximum absolute atomic E-state index is 12.8. The van der Waals surface area contributed by atoms with Gasteiger partial charge in [0, 0.05) is 11.3 Å². The first-order chi connectivity index (χ1) is 15.6. The van der Waals surface area contributed by atoms with E-state index in [1.165, 1.54) is 6.08 Å². The number of hydrogen-bond acceptors (Lipinski definition) is 7. The molecule has 7 heteroatoms. The molecule has 0 aliphatic heterocycles. The Balaban J connectivity index is 1.53. The number of methoxy groups -OCH3 is 3. The second-order valence-electron chi connectivity index (χ2n) is 6.85. The summed E-state index contributed by atoms with van der Waals surface area (Å²) in [4.78, 5) is 17.1. The van der Waals surface area contributed by atoms with Gasteiger partial charge in [-0.05, 0) is 48.0 Å². The number of hydrogen-bond donors (Lipinski definition) is 1. The van der Waals surface area contributed by atoms with Crippen LogP contribution in [0, 0.1) is 0 Å². The first-order valence-corrected chi connectivity index (χ1v) is 9.86. The molecular weight excluding hydrogens is 408 g/mol. The Labute approximate surface area is 185 Å². The number of allylic oxidation sites excluding steroid dienone is 1.